The summed E-state index contributed by atoms with van der Waals surface area (Å²) < 4.78 is 0. The fourth-order valence-electron chi connectivity index (χ4n) is 1.58. The number of hydrogen-bond acceptors (Lipinski definition) is 4. The van der Waals surface area contributed by atoms with Crippen LogP contribution in [0.2, 0.25) is 0 Å². The van der Waals surface area contributed by atoms with E-state index in [-0.39, 0.29) is 0 Å². The summed E-state index contributed by atoms with van der Waals surface area (Å²) in [5, 5.41) is 5.45. The number of thiazole rings is 1. The average Bonchev–Trinajstić information content (AvgIpc) is 2.67. The van der Waals surface area contributed by atoms with Gasteiger partial charge in [-0.15, -0.1) is 11.3 Å². The van der Waals surface area contributed by atoms with E-state index in [9.17, 15) is 0 Å². The van der Waals surface area contributed by atoms with Crippen molar-refractivity contribution in [2.75, 3.05) is 5.43 Å². The van der Waals surface area contributed by atoms with E-state index in [4.69, 9.17) is 0 Å². The Morgan fingerprint density at radius 2 is 1.94 bits per heavy atom. The minimum absolute atomic E-state index is 0.969. The van der Waals surface area contributed by atoms with E-state index in [0.717, 1.165) is 27.0 Å². The molecule has 0 aliphatic heterocycles. The lowest BCUT2D eigenvalue weighted by Gasteiger charge is -2.01. The van der Waals surface area contributed by atoms with Gasteiger partial charge in [0.15, 0.2) is 0 Å². The molecule has 0 radical (unpaired) electrons. The van der Waals surface area contributed by atoms with Crippen molar-refractivity contribution >= 4 is 22.7 Å². The Balaban J connectivity index is 2.15. The molecule has 0 aliphatic carbocycles. The third-order valence-electron chi connectivity index (χ3n) is 2.36. The van der Waals surface area contributed by atoms with Crippen molar-refractivity contribution in [3.8, 4) is 0 Å². The molecule has 0 saturated heterocycles. The first-order valence-corrected chi connectivity index (χ1v) is 6.28. The van der Waals surface area contributed by atoms with Crippen molar-refractivity contribution in [1.29, 1.82) is 0 Å². The number of aryl methyl sites for hydroxylation is 2. The van der Waals surface area contributed by atoms with Crippen molar-refractivity contribution in [2.45, 2.75) is 20.8 Å². The van der Waals surface area contributed by atoms with Gasteiger partial charge in [-0.25, -0.2) is 4.98 Å². The Hall–Kier alpha value is -1.68. The average molecular weight is 245 g/mol. The number of hydrazone groups is 1. The summed E-state index contributed by atoms with van der Waals surface area (Å²) in [6.45, 7) is 6.02. The summed E-state index contributed by atoms with van der Waals surface area (Å²) in [6.07, 6.45) is 0. The second-order valence-corrected chi connectivity index (χ2v) is 5.03. The predicted octanol–water partition coefficient (Wildman–Crippen LogP) is 3.60. The van der Waals surface area contributed by atoms with Gasteiger partial charge in [-0.05, 0) is 32.9 Å². The highest BCUT2D eigenvalue weighted by atomic mass is 32.1. The zero-order valence-electron chi connectivity index (χ0n) is 10.2. The molecule has 1 N–H and O–H groups in total. The molecule has 88 valence electrons. The van der Waals surface area contributed by atoms with E-state index in [2.05, 4.69) is 15.5 Å². The smallest absolute Gasteiger partial charge is 0.0904 e. The van der Waals surface area contributed by atoms with E-state index in [1.54, 1.807) is 11.3 Å². The minimum atomic E-state index is 0.969. The van der Waals surface area contributed by atoms with Crippen LogP contribution in [0.3, 0.4) is 0 Å². The van der Waals surface area contributed by atoms with Crippen LogP contribution in [0.5, 0.6) is 0 Å². The Morgan fingerprint density at radius 1 is 1.24 bits per heavy atom. The molecule has 17 heavy (non-hydrogen) atoms. The number of anilines is 1. The third kappa shape index (κ3) is 2.91. The number of aromatic nitrogens is 1. The van der Waals surface area contributed by atoms with Gasteiger partial charge in [0.2, 0.25) is 0 Å². The zero-order chi connectivity index (χ0) is 12.3. The summed E-state index contributed by atoms with van der Waals surface area (Å²) in [4.78, 5) is 5.54. The number of benzene rings is 1. The molecule has 2 rings (SSSR count). The highest BCUT2D eigenvalue weighted by Crippen LogP contribution is 2.18. The van der Waals surface area contributed by atoms with Crippen LogP contribution in [0.1, 0.15) is 22.5 Å². The molecule has 0 fully saturated rings. The monoisotopic (exact) mass is 245 g/mol. The topological polar surface area (TPSA) is 37.3 Å². The number of nitrogens with zero attached hydrogens (tertiary/aromatic N) is 2. The largest absolute Gasteiger partial charge is 0.278 e. The summed E-state index contributed by atoms with van der Waals surface area (Å²) in [5.41, 5.74) is 6.05. The van der Waals surface area contributed by atoms with Gasteiger partial charge in [-0.1, -0.05) is 18.2 Å². The summed E-state index contributed by atoms with van der Waals surface area (Å²) in [7, 11) is 0. The maximum atomic E-state index is 4.40. The van der Waals surface area contributed by atoms with E-state index < -0.39 is 0 Å². The van der Waals surface area contributed by atoms with Crippen molar-refractivity contribution < 1.29 is 0 Å². The lowest BCUT2D eigenvalue weighted by molar-refractivity contribution is 1.19. The maximum Gasteiger partial charge on any atom is 0.0904 e. The van der Waals surface area contributed by atoms with Gasteiger partial charge in [-0.2, -0.15) is 5.10 Å². The number of para-hydroxylation sites is 1. The molecule has 0 saturated carbocycles. The number of hydrogen-bond donors (Lipinski definition) is 1. The zero-order valence-corrected chi connectivity index (χ0v) is 11.0. The molecule has 0 amide bonds. The minimum Gasteiger partial charge on any atom is -0.278 e. The lowest BCUT2D eigenvalue weighted by Crippen LogP contribution is -1.99. The fraction of sp³-hybridized carbons (Fsp3) is 0.231. The molecule has 1 aromatic carbocycles. The van der Waals surface area contributed by atoms with E-state index in [1.807, 2.05) is 51.1 Å². The van der Waals surface area contributed by atoms with Crippen LogP contribution in [0.25, 0.3) is 0 Å². The van der Waals surface area contributed by atoms with Gasteiger partial charge in [0.25, 0.3) is 0 Å². The molecule has 1 heterocycles. The summed E-state index contributed by atoms with van der Waals surface area (Å²) >= 11 is 1.68. The van der Waals surface area contributed by atoms with Crippen LogP contribution in [0.4, 0.5) is 5.69 Å². The van der Waals surface area contributed by atoms with Crippen LogP contribution in [0, 0.1) is 13.8 Å². The molecule has 1 aromatic heterocycles. The van der Waals surface area contributed by atoms with E-state index >= 15 is 0 Å². The second-order valence-electron chi connectivity index (χ2n) is 3.82. The highest BCUT2D eigenvalue weighted by molar-refractivity contribution is 7.13. The Kier molecular flexibility index (Phi) is 3.54. The molecule has 0 unspecified atom stereocenters. The van der Waals surface area contributed by atoms with Crippen LogP contribution >= 0.6 is 11.3 Å². The Morgan fingerprint density at radius 3 is 2.53 bits per heavy atom. The standard InChI is InChI=1S/C13H15N3S/c1-9-13(17-11(3)14-9)10(2)15-16-12-7-5-4-6-8-12/h4-8,16H,1-3H3. The molecule has 0 bridgehead atoms. The third-order valence-corrected chi connectivity index (χ3v) is 3.54. The van der Waals surface area contributed by atoms with Gasteiger partial charge < -0.3 is 0 Å². The van der Waals surface area contributed by atoms with Gasteiger partial charge in [0.1, 0.15) is 0 Å². The normalized spacial score (nSPS) is 11.6. The van der Waals surface area contributed by atoms with Gasteiger partial charge in [0.05, 0.1) is 27.0 Å². The first-order valence-electron chi connectivity index (χ1n) is 5.46. The Bertz CT molecular complexity index is 529. The van der Waals surface area contributed by atoms with Crippen molar-refractivity contribution in [1.82, 2.24) is 4.98 Å². The SMILES string of the molecule is CC(=NNc1ccccc1)c1sc(C)nc1C. The first-order chi connectivity index (χ1) is 8.16. The maximum absolute atomic E-state index is 4.40. The van der Waals surface area contributed by atoms with Gasteiger partial charge in [0, 0.05) is 0 Å². The van der Waals surface area contributed by atoms with Crippen molar-refractivity contribution in [2.24, 2.45) is 5.10 Å². The second kappa shape index (κ2) is 5.10. The summed E-state index contributed by atoms with van der Waals surface area (Å²) in [5.74, 6) is 0. The number of rotatable bonds is 3. The predicted molar refractivity (Wildman–Crippen MR) is 73.9 cm³/mol. The van der Waals surface area contributed by atoms with Crippen molar-refractivity contribution in [3.05, 3.63) is 45.9 Å². The number of nitrogens with one attached hydrogen (secondary N) is 1. The van der Waals surface area contributed by atoms with E-state index in [0.29, 0.717) is 0 Å². The molecule has 0 atom stereocenters. The highest BCUT2D eigenvalue weighted by Gasteiger charge is 2.07. The van der Waals surface area contributed by atoms with Crippen LogP contribution in [-0.4, -0.2) is 10.7 Å². The molecule has 0 spiro atoms. The Labute approximate surface area is 105 Å². The van der Waals surface area contributed by atoms with Crippen LogP contribution in [0.15, 0.2) is 35.4 Å². The fourth-order valence-corrected chi connectivity index (χ4v) is 2.44. The molecular formula is C13H15N3S. The van der Waals surface area contributed by atoms with Gasteiger partial charge >= 0.3 is 0 Å². The van der Waals surface area contributed by atoms with Crippen molar-refractivity contribution in [3.63, 3.8) is 0 Å². The molecule has 0 aliphatic rings. The molecular weight excluding hydrogens is 230 g/mol. The quantitative estimate of drug-likeness (QED) is 0.662. The molecule has 3 nitrogen and oxygen atoms in total. The molecule has 4 heteroatoms. The van der Waals surface area contributed by atoms with E-state index in [1.165, 1.54) is 0 Å². The van der Waals surface area contributed by atoms with Crippen LogP contribution in [-0.2, 0) is 0 Å². The van der Waals surface area contributed by atoms with Crippen LogP contribution < -0.4 is 5.43 Å². The molecule has 2 aromatic rings. The first kappa shape index (κ1) is 11.8. The summed E-state index contributed by atoms with van der Waals surface area (Å²) in [6, 6.07) is 9.92. The van der Waals surface area contributed by atoms with Gasteiger partial charge in [-0.3, -0.25) is 5.43 Å². The lowest BCUT2D eigenvalue weighted by atomic mass is 10.3.